The largest absolute Gasteiger partial charge is 0.381 e. The maximum Gasteiger partial charge on any atom is 0.279 e. The van der Waals surface area contributed by atoms with Gasteiger partial charge in [0.25, 0.3) is 10.2 Å². The molecule has 2 rings (SSSR count). The molecule has 1 saturated carbocycles. The van der Waals surface area contributed by atoms with E-state index >= 15 is 0 Å². The summed E-state index contributed by atoms with van der Waals surface area (Å²) in [5.41, 5.74) is 5.60. The number of hydrogen-bond donors (Lipinski definition) is 2. The van der Waals surface area contributed by atoms with Crippen LogP contribution in [0.4, 0.5) is 0 Å². The van der Waals surface area contributed by atoms with Crippen molar-refractivity contribution in [3.05, 3.63) is 0 Å². The van der Waals surface area contributed by atoms with Crippen molar-refractivity contribution in [3.8, 4) is 0 Å². The van der Waals surface area contributed by atoms with Crippen molar-refractivity contribution < 1.29 is 13.2 Å². The summed E-state index contributed by atoms with van der Waals surface area (Å²) in [5, 5.41) is 0. The van der Waals surface area contributed by atoms with Crippen molar-refractivity contribution in [2.45, 2.75) is 37.8 Å². The molecule has 0 amide bonds. The molecular formula is C11H23N3O3S. The summed E-state index contributed by atoms with van der Waals surface area (Å²) in [5.74, 6) is 0.470. The van der Waals surface area contributed by atoms with Crippen LogP contribution in [0.25, 0.3) is 0 Å². The van der Waals surface area contributed by atoms with Gasteiger partial charge in [-0.15, -0.1) is 0 Å². The lowest BCUT2D eigenvalue weighted by molar-refractivity contribution is 0.0231. The van der Waals surface area contributed by atoms with E-state index in [1.807, 2.05) is 0 Å². The standard InChI is InChI=1S/C11H23N3O3S/c1-17-11-6-10(7-11)13-18(15,16)14-4-2-9(8-12)3-5-14/h9-11,13H,2-8,12H2,1H3. The summed E-state index contributed by atoms with van der Waals surface area (Å²) in [6, 6.07) is 0.0344. The third kappa shape index (κ3) is 3.21. The van der Waals surface area contributed by atoms with Crippen LogP contribution in [0, 0.1) is 5.92 Å². The third-order valence-corrected chi connectivity index (χ3v) is 5.67. The number of rotatable bonds is 5. The smallest absolute Gasteiger partial charge is 0.279 e. The molecule has 6 nitrogen and oxygen atoms in total. The molecule has 0 radical (unpaired) electrons. The minimum atomic E-state index is -3.32. The Kier molecular flexibility index (Phi) is 4.60. The summed E-state index contributed by atoms with van der Waals surface area (Å²) in [4.78, 5) is 0. The zero-order valence-electron chi connectivity index (χ0n) is 10.8. The fourth-order valence-electron chi connectivity index (χ4n) is 2.52. The van der Waals surface area contributed by atoms with Crippen LogP contribution < -0.4 is 10.5 Å². The lowest BCUT2D eigenvalue weighted by Crippen LogP contribution is -2.53. The first-order valence-electron chi connectivity index (χ1n) is 6.55. The highest BCUT2D eigenvalue weighted by atomic mass is 32.2. The van der Waals surface area contributed by atoms with E-state index in [0.29, 0.717) is 25.6 Å². The minimum absolute atomic E-state index is 0.0344. The number of methoxy groups -OCH3 is 1. The SMILES string of the molecule is COC1CC(NS(=O)(=O)N2CCC(CN)CC2)C1. The molecule has 1 saturated heterocycles. The van der Waals surface area contributed by atoms with Gasteiger partial charge in [-0.05, 0) is 38.1 Å². The minimum Gasteiger partial charge on any atom is -0.381 e. The first-order valence-corrected chi connectivity index (χ1v) is 7.99. The van der Waals surface area contributed by atoms with E-state index in [1.54, 1.807) is 11.4 Å². The van der Waals surface area contributed by atoms with Crippen LogP contribution in [0.2, 0.25) is 0 Å². The molecule has 1 aliphatic carbocycles. The normalized spacial score (nSPS) is 31.2. The summed E-state index contributed by atoms with van der Waals surface area (Å²) >= 11 is 0. The quantitative estimate of drug-likeness (QED) is 0.720. The van der Waals surface area contributed by atoms with Crippen LogP contribution in [0.3, 0.4) is 0 Å². The Morgan fingerprint density at radius 1 is 1.33 bits per heavy atom. The molecule has 106 valence electrons. The average molecular weight is 277 g/mol. The maximum atomic E-state index is 12.1. The molecular weight excluding hydrogens is 254 g/mol. The molecule has 2 fully saturated rings. The molecule has 0 aromatic heterocycles. The molecule has 1 aliphatic heterocycles. The van der Waals surface area contributed by atoms with E-state index < -0.39 is 10.2 Å². The molecule has 1 heterocycles. The molecule has 18 heavy (non-hydrogen) atoms. The predicted octanol–water partition coefficient (Wildman–Crippen LogP) is -0.331. The van der Waals surface area contributed by atoms with E-state index in [-0.39, 0.29) is 12.1 Å². The molecule has 0 spiro atoms. The number of hydrogen-bond acceptors (Lipinski definition) is 4. The highest BCUT2D eigenvalue weighted by Gasteiger charge is 2.35. The Hall–Kier alpha value is -0.210. The number of nitrogens with zero attached hydrogens (tertiary/aromatic N) is 1. The van der Waals surface area contributed by atoms with Gasteiger partial charge in [0, 0.05) is 26.2 Å². The number of nitrogens with two attached hydrogens (primary N) is 1. The van der Waals surface area contributed by atoms with Gasteiger partial charge in [0.05, 0.1) is 6.10 Å². The number of nitrogens with one attached hydrogen (secondary N) is 1. The van der Waals surface area contributed by atoms with Gasteiger partial charge in [-0.3, -0.25) is 0 Å². The number of ether oxygens (including phenoxy) is 1. The predicted molar refractivity (Wildman–Crippen MR) is 69.2 cm³/mol. The first-order chi connectivity index (χ1) is 8.55. The second-order valence-corrected chi connectivity index (χ2v) is 6.93. The number of piperidine rings is 1. The van der Waals surface area contributed by atoms with Crippen LogP contribution in [0.5, 0.6) is 0 Å². The molecule has 0 bridgehead atoms. The molecule has 0 aromatic rings. The second-order valence-electron chi connectivity index (χ2n) is 5.23. The monoisotopic (exact) mass is 277 g/mol. The Bertz CT molecular complexity index is 360. The van der Waals surface area contributed by atoms with Crippen molar-refractivity contribution >= 4 is 10.2 Å². The lowest BCUT2D eigenvalue weighted by Gasteiger charge is -2.37. The van der Waals surface area contributed by atoms with Crippen molar-refractivity contribution in [3.63, 3.8) is 0 Å². The van der Waals surface area contributed by atoms with E-state index in [0.717, 1.165) is 25.7 Å². The molecule has 0 aromatic carbocycles. The average Bonchev–Trinajstić information content (AvgIpc) is 2.33. The van der Waals surface area contributed by atoms with E-state index in [1.165, 1.54) is 0 Å². The highest BCUT2D eigenvalue weighted by Crippen LogP contribution is 2.25. The summed E-state index contributed by atoms with van der Waals surface area (Å²) in [6.07, 6.45) is 3.48. The summed E-state index contributed by atoms with van der Waals surface area (Å²) in [7, 11) is -1.66. The lowest BCUT2D eigenvalue weighted by atomic mass is 9.90. The van der Waals surface area contributed by atoms with E-state index in [2.05, 4.69) is 4.72 Å². The Morgan fingerprint density at radius 2 is 1.94 bits per heavy atom. The second kappa shape index (κ2) is 5.83. The van der Waals surface area contributed by atoms with Gasteiger partial charge in [0.15, 0.2) is 0 Å². The van der Waals surface area contributed by atoms with Gasteiger partial charge >= 0.3 is 0 Å². The molecule has 3 N–H and O–H groups in total. The van der Waals surface area contributed by atoms with Crippen LogP contribution in [0.15, 0.2) is 0 Å². The van der Waals surface area contributed by atoms with Crippen LogP contribution in [-0.2, 0) is 14.9 Å². The van der Waals surface area contributed by atoms with Crippen molar-refractivity contribution in [2.24, 2.45) is 11.7 Å². The van der Waals surface area contributed by atoms with Gasteiger partial charge in [-0.25, -0.2) is 0 Å². The van der Waals surface area contributed by atoms with Gasteiger partial charge < -0.3 is 10.5 Å². The maximum absolute atomic E-state index is 12.1. The van der Waals surface area contributed by atoms with E-state index in [9.17, 15) is 8.42 Å². The molecule has 2 aliphatic rings. The third-order valence-electron chi connectivity index (χ3n) is 3.99. The zero-order valence-corrected chi connectivity index (χ0v) is 11.7. The van der Waals surface area contributed by atoms with E-state index in [4.69, 9.17) is 10.5 Å². The molecule has 0 atom stereocenters. The summed E-state index contributed by atoms with van der Waals surface area (Å²) in [6.45, 7) is 1.81. The first kappa shape index (κ1) is 14.2. The fourth-order valence-corrected chi connectivity index (χ4v) is 3.98. The Morgan fingerprint density at radius 3 is 2.44 bits per heavy atom. The van der Waals surface area contributed by atoms with Gasteiger partial charge in [-0.1, -0.05) is 0 Å². The van der Waals surface area contributed by atoms with Crippen molar-refractivity contribution in [1.29, 1.82) is 0 Å². The Balaban J connectivity index is 1.81. The van der Waals surface area contributed by atoms with Gasteiger partial charge in [-0.2, -0.15) is 17.4 Å². The van der Waals surface area contributed by atoms with Crippen LogP contribution >= 0.6 is 0 Å². The van der Waals surface area contributed by atoms with Gasteiger partial charge in [0.1, 0.15) is 0 Å². The van der Waals surface area contributed by atoms with Crippen LogP contribution in [0.1, 0.15) is 25.7 Å². The topological polar surface area (TPSA) is 84.7 Å². The zero-order chi connectivity index (χ0) is 13.2. The fraction of sp³-hybridized carbons (Fsp3) is 1.00. The van der Waals surface area contributed by atoms with Gasteiger partial charge in [0.2, 0.25) is 0 Å². The van der Waals surface area contributed by atoms with Crippen molar-refractivity contribution in [1.82, 2.24) is 9.03 Å². The highest BCUT2D eigenvalue weighted by molar-refractivity contribution is 7.87. The van der Waals surface area contributed by atoms with Crippen LogP contribution in [-0.4, -0.2) is 51.6 Å². The summed E-state index contributed by atoms with van der Waals surface area (Å²) < 4.78 is 33.7. The Labute approximate surface area is 109 Å². The molecule has 0 unspecified atom stereocenters. The molecule has 7 heteroatoms. The van der Waals surface area contributed by atoms with Crippen molar-refractivity contribution in [2.75, 3.05) is 26.7 Å².